The van der Waals surface area contributed by atoms with Crippen LogP contribution in [0.1, 0.15) is 45.6 Å². The second-order valence-corrected chi connectivity index (χ2v) is 6.83. The van der Waals surface area contributed by atoms with Gasteiger partial charge in [0.25, 0.3) is 5.91 Å². The van der Waals surface area contributed by atoms with E-state index < -0.39 is 0 Å². The number of carbonyl (C=O) groups is 1. The molecule has 3 rings (SSSR count). The van der Waals surface area contributed by atoms with E-state index in [9.17, 15) is 4.79 Å². The van der Waals surface area contributed by atoms with Crippen molar-refractivity contribution in [2.24, 2.45) is 0 Å². The largest absolute Gasteiger partial charge is 0.371 e. The molecule has 0 N–H and O–H groups in total. The molecule has 0 bridgehead atoms. The highest BCUT2D eigenvalue weighted by atomic mass is 32.1. The molecule has 0 aliphatic carbocycles. The molecule has 1 amide bonds. The molecule has 1 aliphatic heterocycles. The maximum Gasteiger partial charge on any atom is 0.270 e. The zero-order valence-corrected chi connectivity index (χ0v) is 14.4. The molecule has 1 atom stereocenters. The molecule has 1 aromatic heterocycles. The summed E-state index contributed by atoms with van der Waals surface area (Å²) in [6.45, 7) is 3.12. The summed E-state index contributed by atoms with van der Waals surface area (Å²) in [6, 6.07) is 9.86. The zero-order valence-electron chi connectivity index (χ0n) is 13.6. The van der Waals surface area contributed by atoms with Gasteiger partial charge in [-0.2, -0.15) is 5.26 Å². The predicted octanol–water partition coefficient (Wildman–Crippen LogP) is 3.86. The number of hydrogen-bond donors (Lipinski definition) is 0. The van der Waals surface area contributed by atoms with Gasteiger partial charge in [0, 0.05) is 18.8 Å². The second kappa shape index (κ2) is 7.56. The van der Waals surface area contributed by atoms with Crippen LogP contribution in [0, 0.1) is 18.3 Å². The lowest BCUT2D eigenvalue weighted by atomic mass is 10.2. The lowest BCUT2D eigenvalue weighted by molar-refractivity contribution is 0.0991. The van der Waals surface area contributed by atoms with Crippen LogP contribution in [0.4, 0.5) is 5.69 Å². The number of nitrogens with zero attached hydrogens (tertiary/aromatic N) is 3. The average molecular weight is 341 g/mol. The molecule has 124 valence electrons. The van der Waals surface area contributed by atoms with Gasteiger partial charge in [0.2, 0.25) is 0 Å². The van der Waals surface area contributed by atoms with Crippen LogP contribution < -0.4 is 4.90 Å². The van der Waals surface area contributed by atoms with E-state index in [-0.39, 0.29) is 18.4 Å². The first-order valence-corrected chi connectivity index (χ1v) is 8.83. The normalized spacial score (nSPS) is 16.8. The predicted molar refractivity (Wildman–Crippen MR) is 93.1 cm³/mol. The highest BCUT2D eigenvalue weighted by Crippen LogP contribution is 2.32. The lowest BCUT2D eigenvalue weighted by Crippen LogP contribution is -2.31. The fourth-order valence-corrected chi connectivity index (χ4v) is 3.63. The minimum Gasteiger partial charge on any atom is -0.371 e. The van der Waals surface area contributed by atoms with Crippen molar-refractivity contribution in [3.63, 3.8) is 0 Å². The third-order valence-electron chi connectivity index (χ3n) is 3.98. The quantitative estimate of drug-likeness (QED) is 0.828. The van der Waals surface area contributed by atoms with Gasteiger partial charge in [-0.15, -0.1) is 11.3 Å². The van der Waals surface area contributed by atoms with Crippen LogP contribution in [0.25, 0.3) is 0 Å². The number of aryl methyl sites for hydroxylation is 1. The third kappa shape index (κ3) is 3.64. The SMILES string of the molecule is Cc1ccc(N(CCC#N)C(=O)c2cnc([C@H]3CCCO3)s2)cc1. The molecule has 0 unspecified atom stereocenters. The summed E-state index contributed by atoms with van der Waals surface area (Å²) in [4.78, 5) is 19.5. The number of rotatable bonds is 5. The molecule has 2 heterocycles. The first kappa shape index (κ1) is 16.6. The van der Waals surface area contributed by atoms with Gasteiger partial charge in [0.1, 0.15) is 16.0 Å². The van der Waals surface area contributed by atoms with Crippen molar-refractivity contribution < 1.29 is 9.53 Å². The van der Waals surface area contributed by atoms with Crippen molar-refractivity contribution in [2.75, 3.05) is 18.1 Å². The summed E-state index contributed by atoms with van der Waals surface area (Å²) in [5.41, 5.74) is 1.93. The van der Waals surface area contributed by atoms with Crippen LogP contribution in [-0.4, -0.2) is 24.0 Å². The van der Waals surface area contributed by atoms with Gasteiger partial charge in [-0.1, -0.05) is 17.7 Å². The molecule has 6 heteroatoms. The maximum absolute atomic E-state index is 12.9. The molecule has 1 saturated heterocycles. The van der Waals surface area contributed by atoms with Gasteiger partial charge in [0.15, 0.2) is 0 Å². The van der Waals surface area contributed by atoms with Crippen molar-refractivity contribution in [1.82, 2.24) is 4.98 Å². The van der Waals surface area contributed by atoms with Gasteiger partial charge in [0.05, 0.1) is 18.7 Å². The fraction of sp³-hybridized carbons (Fsp3) is 0.389. The van der Waals surface area contributed by atoms with E-state index in [2.05, 4.69) is 11.1 Å². The van der Waals surface area contributed by atoms with E-state index in [4.69, 9.17) is 10.00 Å². The average Bonchev–Trinajstić information content (AvgIpc) is 3.27. The van der Waals surface area contributed by atoms with Crippen LogP contribution >= 0.6 is 11.3 Å². The number of thiazole rings is 1. The number of benzene rings is 1. The monoisotopic (exact) mass is 341 g/mol. The molecule has 1 aliphatic rings. The zero-order chi connectivity index (χ0) is 16.9. The number of hydrogen-bond acceptors (Lipinski definition) is 5. The molecule has 1 fully saturated rings. The number of carbonyl (C=O) groups excluding carboxylic acids is 1. The highest BCUT2D eigenvalue weighted by Gasteiger charge is 2.25. The smallest absolute Gasteiger partial charge is 0.270 e. The van der Waals surface area contributed by atoms with E-state index >= 15 is 0 Å². The van der Waals surface area contributed by atoms with E-state index in [1.807, 2.05) is 31.2 Å². The standard InChI is InChI=1S/C18H19N3O2S/c1-13-5-7-14(8-6-13)21(10-3-9-19)18(22)16-12-20-17(24-16)15-4-2-11-23-15/h5-8,12,15H,2-4,10-11H2,1H3/t15-/m1/s1. The van der Waals surface area contributed by atoms with E-state index in [0.29, 0.717) is 11.4 Å². The Labute approximate surface area is 145 Å². The number of ether oxygens (including phenoxy) is 1. The molecule has 5 nitrogen and oxygen atoms in total. The fourth-order valence-electron chi connectivity index (χ4n) is 2.68. The van der Waals surface area contributed by atoms with Crippen LogP contribution in [0.2, 0.25) is 0 Å². The summed E-state index contributed by atoms with van der Waals surface area (Å²) in [7, 11) is 0. The van der Waals surface area contributed by atoms with Crippen LogP contribution in [-0.2, 0) is 4.74 Å². The minimum absolute atomic E-state index is 0.0171. The van der Waals surface area contributed by atoms with Gasteiger partial charge in [-0.25, -0.2) is 4.98 Å². The Morgan fingerprint density at radius 1 is 1.46 bits per heavy atom. The summed E-state index contributed by atoms with van der Waals surface area (Å²) in [5, 5.41) is 9.75. The lowest BCUT2D eigenvalue weighted by Gasteiger charge is -2.21. The Hall–Kier alpha value is -2.23. The Morgan fingerprint density at radius 3 is 2.92 bits per heavy atom. The van der Waals surface area contributed by atoms with Crippen molar-refractivity contribution >= 4 is 22.9 Å². The molecule has 1 aromatic carbocycles. The number of aromatic nitrogens is 1. The first-order chi connectivity index (χ1) is 11.7. The van der Waals surface area contributed by atoms with Crippen molar-refractivity contribution in [3.8, 4) is 6.07 Å². The van der Waals surface area contributed by atoms with Crippen molar-refractivity contribution in [3.05, 3.63) is 45.9 Å². The number of anilines is 1. The second-order valence-electron chi connectivity index (χ2n) is 5.76. The Kier molecular flexibility index (Phi) is 5.24. The van der Waals surface area contributed by atoms with E-state index in [1.54, 1.807) is 11.1 Å². The van der Waals surface area contributed by atoms with Gasteiger partial charge >= 0.3 is 0 Å². The van der Waals surface area contributed by atoms with Gasteiger partial charge in [-0.05, 0) is 31.9 Å². The summed E-state index contributed by atoms with van der Waals surface area (Å²) < 4.78 is 5.64. The Balaban J connectivity index is 1.82. The molecular formula is C18H19N3O2S. The number of nitriles is 1. The van der Waals surface area contributed by atoms with Gasteiger partial charge in [-0.3, -0.25) is 4.79 Å². The maximum atomic E-state index is 12.9. The summed E-state index contributed by atoms with van der Waals surface area (Å²) in [5.74, 6) is -0.115. The van der Waals surface area contributed by atoms with E-state index in [1.165, 1.54) is 11.3 Å². The topological polar surface area (TPSA) is 66.2 Å². The van der Waals surface area contributed by atoms with Crippen LogP contribution in [0.15, 0.2) is 30.5 Å². The van der Waals surface area contributed by atoms with E-state index in [0.717, 1.165) is 35.7 Å². The van der Waals surface area contributed by atoms with Crippen LogP contribution in [0.3, 0.4) is 0 Å². The molecule has 24 heavy (non-hydrogen) atoms. The molecule has 0 spiro atoms. The number of amides is 1. The van der Waals surface area contributed by atoms with Gasteiger partial charge < -0.3 is 9.64 Å². The Morgan fingerprint density at radius 2 is 2.25 bits per heavy atom. The highest BCUT2D eigenvalue weighted by molar-refractivity contribution is 7.13. The molecule has 0 saturated carbocycles. The third-order valence-corrected chi connectivity index (χ3v) is 5.05. The molecule has 0 radical (unpaired) electrons. The molecule has 2 aromatic rings. The first-order valence-electron chi connectivity index (χ1n) is 8.02. The summed E-state index contributed by atoms with van der Waals surface area (Å²) >= 11 is 1.39. The van der Waals surface area contributed by atoms with Crippen molar-refractivity contribution in [1.29, 1.82) is 5.26 Å². The molecular weight excluding hydrogens is 322 g/mol. The van der Waals surface area contributed by atoms with Crippen molar-refractivity contribution in [2.45, 2.75) is 32.3 Å². The minimum atomic E-state index is -0.115. The van der Waals surface area contributed by atoms with Crippen LogP contribution in [0.5, 0.6) is 0 Å². The summed E-state index contributed by atoms with van der Waals surface area (Å²) in [6.07, 6.45) is 3.92. The Bertz CT molecular complexity index is 742.